The molecule has 0 aromatic heterocycles. The number of rotatable bonds is 5. The van der Waals surface area contributed by atoms with Crippen molar-refractivity contribution in [3.8, 4) is 0 Å². The molecule has 1 aromatic rings. The second-order valence-corrected chi connectivity index (χ2v) is 12.2. The van der Waals surface area contributed by atoms with Gasteiger partial charge < -0.3 is 9.80 Å². The van der Waals surface area contributed by atoms with Crippen molar-refractivity contribution in [1.82, 2.24) is 9.21 Å². The van der Waals surface area contributed by atoms with Crippen molar-refractivity contribution in [3.05, 3.63) is 22.2 Å². The van der Waals surface area contributed by atoms with Crippen molar-refractivity contribution < 1.29 is 18.0 Å². The number of fused-ring (bicyclic) bond motifs is 1. The predicted octanol–water partition coefficient (Wildman–Crippen LogP) is 3.94. The fourth-order valence-corrected chi connectivity index (χ4v) is 8.00. The van der Waals surface area contributed by atoms with Gasteiger partial charge in [-0.15, -0.1) is 0 Å². The number of anilines is 1. The van der Waals surface area contributed by atoms with Crippen LogP contribution in [0, 0.1) is 5.92 Å². The average Bonchev–Trinajstić information content (AvgIpc) is 3.26. The summed E-state index contributed by atoms with van der Waals surface area (Å²) < 4.78 is 29.9. The molecular formula is C24H34BrN3O4S. The standard InChI is InChI=1S/C24H34BrN3O4S/c1-3-20-9-5-6-12-27(20)24(30)18-8-7-11-26(16-18)33(31,32)21-15-19(25)14-17-10-13-28(23(17)21)22(29)4-2/h14-15,18,20H,3-13,16H2,1-2H3/t18-,20+/m1/s1. The number of hydrogen-bond acceptors (Lipinski definition) is 4. The number of carbonyl (C=O) groups excluding carboxylic acids is 2. The Hall–Kier alpha value is -1.45. The minimum atomic E-state index is -3.86. The topological polar surface area (TPSA) is 78.0 Å². The summed E-state index contributed by atoms with van der Waals surface area (Å²) in [6, 6.07) is 3.78. The lowest BCUT2D eigenvalue weighted by Gasteiger charge is -2.40. The first-order chi connectivity index (χ1) is 15.8. The second kappa shape index (κ2) is 10.0. The summed E-state index contributed by atoms with van der Waals surface area (Å²) >= 11 is 3.46. The van der Waals surface area contributed by atoms with Crippen LogP contribution in [0.1, 0.15) is 64.4 Å². The minimum Gasteiger partial charge on any atom is -0.339 e. The van der Waals surface area contributed by atoms with Gasteiger partial charge in [-0.2, -0.15) is 4.31 Å². The molecule has 9 heteroatoms. The Balaban J connectivity index is 1.62. The lowest BCUT2D eigenvalue weighted by atomic mass is 9.93. The zero-order valence-corrected chi connectivity index (χ0v) is 22.0. The van der Waals surface area contributed by atoms with E-state index in [4.69, 9.17) is 0 Å². The third-order valence-electron chi connectivity index (χ3n) is 7.33. The molecule has 3 aliphatic rings. The Morgan fingerprint density at radius 1 is 1.06 bits per heavy atom. The first-order valence-electron chi connectivity index (χ1n) is 12.2. The maximum absolute atomic E-state index is 13.9. The first kappa shape index (κ1) is 24.7. The molecule has 2 atom stereocenters. The maximum atomic E-state index is 13.9. The van der Waals surface area contributed by atoms with Gasteiger partial charge in [0.15, 0.2) is 0 Å². The summed E-state index contributed by atoms with van der Waals surface area (Å²) in [6.45, 7) is 5.77. The molecule has 33 heavy (non-hydrogen) atoms. The van der Waals surface area contributed by atoms with Gasteiger partial charge in [-0.25, -0.2) is 8.42 Å². The number of nitrogens with zero attached hydrogens (tertiary/aromatic N) is 3. The molecule has 2 saturated heterocycles. The van der Waals surface area contributed by atoms with Crippen molar-refractivity contribution >= 4 is 43.5 Å². The molecule has 7 nitrogen and oxygen atoms in total. The van der Waals surface area contributed by atoms with Crippen molar-refractivity contribution in [3.63, 3.8) is 0 Å². The van der Waals surface area contributed by atoms with Crippen LogP contribution in [0.4, 0.5) is 5.69 Å². The van der Waals surface area contributed by atoms with E-state index in [2.05, 4.69) is 22.9 Å². The summed E-state index contributed by atoms with van der Waals surface area (Å²) in [6.07, 6.45) is 6.47. The molecule has 0 saturated carbocycles. The van der Waals surface area contributed by atoms with Crippen molar-refractivity contribution in [2.45, 2.75) is 76.2 Å². The molecule has 3 heterocycles. The van der Waals surface area contributed by atoms with Crippen LogP contribution in [0.5, 0.6) is 0 Å². The van der Waals surface area contributed by atoms with Crippen LogP contribution in [-0.4, -0.2) is 61.7 Å². The van der Waals surface area contributed by atoms with E-state index in [-0.39, 0.29) is 35.2 Å². The summed E-state index contributed by atoms with van der Waals surface area (Å²) in [4.78, 5) is 29.7. The van der Waals surface area contributed by atoms with Crippen LogP contribution < -0.4 is 4.90 Å². The Bertz CT molecular complexity index is 1030. The number of carbonyl (C=O) groups is 2. The third kappa shape index (κ3) is 4.73. The maximum Gasteiger partial charge on any atom is 0.245 e. The van der Waals surface area contributed by atoms with Crippen molar-refractivity contribution in [2.75, 3.05) is 31.1 Å². The molecule has 0 unspecified atom stereocenters. The molecule has 0 aliphatic carbocycles. The molecule has 182 valence electrons. The van der Waals surface area contributed by atoms with Gasteiger partial charge >= 0.3 is 0 Å². The van der Waals surface area contributed by atoms with E-state index < -0.39 is 10.0 Å². The Morgan fingerprint density at radius 3 is 2.58 bits per heavy atom. The summed E-state index contributed by atoms with van der Waals surface area (Å²) in [5.41, 5.74) is 1.38. The fourth-order valence-electron chi connectivity index (χ4n) is 5.56. The Kier molecular flexibility index (Phi) is 7.50. The number of amides is 2. The number of piperidine rings is 2. The van der Waals surface area contributed by atoms with Crippen LogP contribution in [0.15, 0.2) is 21.5 Å². The molecule has 2 amide bonds. The highest BCUT2D eigenvalue weighted by atomic mass is 79.9. The van der Waals surface area contributed by atoms with Crippen LogP contribution in [0.2, 0.25) is 0 Å². The van der Waals surface area contributed by atoms with Gasteiger partial charge in [0, 0.05) is 43.1 Å². The molecule has 1 aromatic carbocycles. The normalized spacial score (nSPS) is 24.1. The lowest BCUT2D eigenvalue weighted by molar-refractivity contribution is -0.140. The number of halogens is 1. The van der Waals surface area contributed by atoms with E-state index in [0.29, 0.717) is 42.5 Å². The van der Waals surface area contributed by atoms with E-state index >= 15 is 0 Å². The fraction of sp³-hybridized carbons (Fsp3) is 0.667. The second-order valence-electron chi connectivity index (χ2n) is 9.35. The monoisotopic (exact) mass is 539 g/mol. The molecule has 0 bridgehead atoms. The smallest absolute Gasteiger partial charge is 0.245 e. The summed E-state index contributed by atoms with van der Waals surface area (Å²) in [7, 11) is -3.86. The van der Waals surface area contributed by atoms with E-state index in [1.807, 2.05) is 11.0 Å². The SMILES string of the molecule is CCC(=O)N1CCc2cc(Br)cc(S(=O)(=O)N3CCC[C@@H](C(=O)N4CCCC[C@@H]4CC)C3)c21. The highest BCUT2D eigenvalue weighted by Crippen LogP contribution is 2.40. The Labute approximate surface area is 205 Å². The number of hydrogen-bond donors (Lipinski definition) is 0. The number of sulfonamides is 1. The highest BCUT2D eigenvalue weighted by Gasteiger charge is 2.40. The van der Waals surface area contributed by atoms with Gasteiger partial charge in [0.25, 0.3) is 0 Å². The van der Waals surface area contributed by atoms with Gasteiger partial charge in [0.1, 0.15) is 4.90 Å². The van der Waals surface area contributed by atoms with Gasteiger partial charge in [-0.3, -0.25) is 9.59 Å². The molecule has 4 rings (SSSR count). The van der Waals surface area contributed by atoms with E-state index in [1.54, 1.807) is 17.9 Å². The number of likely N-dealkylation sites (tertiary alicyclic amines) is 1. The first-order valence-corrected chi connectivity index (χ1v) is 14.4. The quantitative estimate of drug-likeness (QED) is 0.567. The highest BCUT2D eigenvalue weighted by molar-refractivity contribution is 9.10. The largest absolute Gasteiger partial charge is 0.339 e. The van der Waals surface area contributed by atoms with Crippen LogP contribution >= 0.6 is 15.9 Å². The van der Waals surface area contributed by atoms with E-state index in [1.165, 1.54) is 4.31 Å². The Morgan fingerprint density at radius 2 is 1.85 bits per heavy atom. The predicted molar refractivity (Wildman–Crippen MR) is 132 cm³/mol. The molecule has 0 radical (unpaired) electrons. The zero-order valence-electron chi connectivity index (χ0n) is 19.6. The minimum absolute atomic E-state index is 0.0741. The van der Waals surface area contributed by atoms with Gasteiger partial charge in [-0.1, -0.05) is 29.8 Å². The zero-order chi connectivity index (χ0) is 23.8. The lowest BCUT2D eigenvalue weighted by Crippen LogP contribution is -2.51. The summed E-state index contributed by atoms with van der Waals surface area (Å²) in [5.74, 6) is -0.284. The molecule has 0 spiro atoms. The van der Waals surface area contributed by atoms with Gasteiger partial charge in [-0.05, 0) is 62.6 Å². The van der Waals surface area contributed by atoms with Crippen molar-refractivity contribution in [2.24, 2.45) is 5.92 Å². The third-order valence-corrected chi connectivity index (χ3v) is 9.67. The molecule has 0 N–H and O–H groups in total. The molecule has 3 aliphatic heterocycles. The van der Waals surface area contributed by atoms with E-state index in [9.17, 15) is 18.0 Å². The van der Waals surface area contributed by atoms with Crippen LogP contribution in [0.25, 0.3) is 0 Å². The van der Waals surface area contributed by atoms with Crippen LogP contribution in [0.3, 0.4) is 0 Å². The van der Waals surface area contributed by atoms with E-state index in [0.717, 1.165) is 44.2 Å². The number of benzene rings is 1. The van der Waals surface area contributed by atoms with Crippen LogP contribution in [-0.2, 0) is 26.0 Å². The summed E-state index contributed by atoms with van der Waals surface area (Å²) in [5, 5.41) is 0. The van der Waals surface area contributed by atoms with Gasteiger partial charge in [0.2, 0.25) is 21.8 Å². The molecular weight excluding hydrogens is 506 g/mol. The average molecular weight is 541 g/mol. The molecule has 2 fully saturated rings. The van der Waals surface area contributed by atoms with Gasteiger partial charge in [0.05, 0.1) is 11.6 Å². The van der Waals surface area contributed by atoms with Crippen molar-refractivity contribution in [1.29, 1.82) is 0 Å².